The molecule has 0 N–H and O–H groups in total. The monoisotopic (exact) mass is 368 g/mol. The molecule has 2 aliphatic rings. The van der Waals surface area contributed by atoms with Crippen LogP contribution in [0.4, 0.5) is 4.39 Å². The summed E-state index contributed by atoms with van der Waals surface area (Å²) in [5.74, 6) is -0.676. The van der Waals surface area contributed by atoms with E-state index in [-0.39, 0.29) is 29.6 Å². The van der Waals surface area contributed by atoms with Crippen LogP contribution in [0.2, 0.25) is 0 Å². The first-order valence-electron chi connectivity index (χ1n) is 9.37. The smallest absolute Gasteiger partial charge is 0.254 e. The molecular formula is C21H21FN2O3. The number of nitrogens with zero attached hydrogens (tertiary/aromatic N) is 2. The minimum Gasteiger partial charge on any atom is -0.338 e. The van der Waals surface area contributed by atoms with Crippen molar-refractivity contribution >= 4 is 28.5 Å². The molecule has 2 aromatic rings. The number of benzene rings is 2. The topological polar surface area (TPSA) is 57.7 Å². The Morgan fingerprint density at radius 2 is 1.56 bits per heavy atom. The molecule has 0 unspecified atom stereocenters. The summed E-state index contributed by atoms with van der Waals surface area (Å²) in [6, 6.07) is 9.69. The second-order valence-electron chi connectivity index (χ2n) is 7.17. The lowest BCUT2D eigenvalue weighted by atomic mass is 9.97. The van der Waals surface area contributed by atoms with E-state index in [4.69, 9.17) is 0 Å². The van der Waals surface area contributed by atoms with Gasteiger partial charge in [-0.15, -0.1) is 0 Å². The average Bonchev–Trinajstić information content (AvgIpc) is 2.68. The van der Waals surface area contributed by atoms with Crippen molar-refractivity contribution in [3.63, 3.8) is 0 Å². The standard InChI is InChI=1S/C21H21FN2O3/c22-18-9-8-17(15-4-1-2-5-16(15)18)21(27)23-12-10-14(11-13-23)24-19(25)6-3-7-20(24)26/h1-2,4-5,8-9,14H,3,6-7,10-13H2. The number of piperidine rings is 2. The van der Waals surface area contributed by atoms with Crippen molar-refractivity contribution in [2.75, 3.05) is 13.1 Å². The Balaban J connectivity index is 1.50. The minimum atomic E-state index is -0.344. The molecule has 0 aliphatic carbocycles. The summed E-state index contributed by atoms with van der Waals surface area (Å²) in [7, 11) is 0. The molecule has 2 aliphatic heterocycles. The van der Waals surface area contributed by atoms with E-state index >= 15 is 0 Å². The predicted octanol–water partition coefficient (Wildman–Crippen LogP) is 3.12. The van der Waals surface area contributed by atoms with Gasteiger partial charge < -0.3 is 4.90 Å². The Kier molecular flexibility index (Phi) is 4.64. The normalized spacial score (nSPS) is 19.0. The van der Waals surface area contributed by atoms with E-state index in [0.29, 0.717) is 61.5 Å². The van der Waals surface area contributed by atoms with Gasteiger partial charge in [-0.3, -0.25) is 19.3 Å². The van der Waals surface area contributed by atoms with Gasteiger partial charge in [0, 0.05) is 42.9 Å². The molecule has 6 heteroatoms. The van der Waals surface area contributed by atoms with Crippen LogP contribution in [0.25, 0.3) is 10.8 Å². The fraction of sp³-hybridized carbons (Fsp3) is 0.381. The van der Waals surface area contributed by atoms with E-state index in [2.05, 4.69) is 0 Å². The lowest BCUT2D eigenvalue weighted by Crippen LogP contribution is -2.52. The number of amides is 3. The van der Waals surface area contributed by atoms with Crippen molar-refractivity contribution in [3.8, 4) is 0 Å². The third-order valence-corrected chi connectivity index (χ3v) is 5.54. The van der Waals surface area contributed by atoms with Gasteiger partial charge in [0.2, 0.25) is 11.8 Å². The lowest BCUT2D eigenvalue weighted by molar-refractivity contribution is -0.151. The van der Waals surface area contributed by atoms with Crippen molar-refractivity contribution < 1.29 is 18.8 Å². The van der Waals surface area contributed by atoms with Crippen molar-refractivity contribution in [3.05, 3.63) is 47.8 Å². The molecule has 0 radical (unpaired) electrons. The first-order valence-corrected chi connectivity index (χ1v) is 9.37. The number of carbonyl (C=O) groups excluding carboxylic acids is 3. The van der Waals surface area contributed by atoms with Crippen LogP contribution in [-0.2, 0) is 9.59 Å². The van der Waals surface area contributed by atoms with Gasteiger partial charge in [0.25, 0.3) is 5.91 Å². The zero-order valence-electron chi connectivity index (χ0n) is 15.0. The Morgan fingerprint density at radius 1 is 0.926 bits per heavy atom. The molecule has 0 aromatic heterocycles. The zero-order valence-corrected chi connectivity index (χ0v) is 15.0. The maximum absolute atomic E-state index is 14.0. The number of fused-ring (bicyclic) bond motifs is 1. The second-order valence-corrected chi connectivity index (χ2v) is 7.17. The molecule has 4 rings (SSSR count). The fourth-order valence-electron chi connectivity index (χ4n) is 4.12. The molecule has 2 fully saturated rings. The summed E-state index contributed by atoms with van der Waals surface area (Å²) in [6.07, 6.45) is 2.65. The van der Waals surface area contributed by atoms with Gasteiger partial charge in [0.05, 0.1) is 0 Å². The largest absolute Gasteiger partial charge is 0.338 e. The van der Waals surface area contributed by atoms with Gasteiger partial charge in [0.1, 0.15) is 5.82 Å². The predicted molar refractivity (Wildman–Crippen MR) is 98.5 cm³/mol. The molecule has 5 nitrogen and oxygen atoms in total. The van der Waals surface area contributed by atoms with Crippen LogP contribution >= 0.6 is 0 Å². The zero-order chi connectivity index (χ0) is 19.0. The highest BCUT2D eigenvalue weighted by atomic mass is 19.1. The van der Waals surface area contributed by atoms with E-state index in [1.807, 2.05) is 0 Å². The van der Waals surface area contributed by atoms with Crippen LogP contribution in [-0.4, -0.2) is 46.7 Å². The van der Waals surface area contributed by atoms with Crippen LogP contribution in [0.5, 0.6) is 0 Å². The molecule has 2 heterocycles. The van der Waals surface area contributed by atoms with E-state index < -0.39 is 0 Å². The third kappa shape index (κ3) is 3.20. The quantitative estimate of drug-likeness (QED) is 0.766. The molecule has 0 bridgehead atoms. The van der Waals surface area contributed by atoms with E-state index in [1.165, 1.54) is 17.0 Å². The van der Waals surface area contributed by atoms with Gasteiger partial charge >= 0.3 is 0 Å². The van der Waals surface area contributed by atoms with Gasteiger partial charge in [-0.25, -0.2) is 4.39 Å². The van der Waals surface area contributed by atoms with Crippen molar-refractivity contribution in [2.24, 2.45) is 0 Å². The number of halogens is 1. The lowest BCUT2D eigenvalue weighted by Gasteiger charge is -2.39. The molecule has 2 aromatic carbocycles. The molecule has 3 amide bonds. The van der Waals surface area contributed by atoms with Gasteiger partial charge in [-0.1, -0.05) is 24.3 Å². The van der Waals surface area contributed by atoms with Crippen LogP contribution in [0, 0.1) is 5.82 Å². The van der Waals surface area contributed by atoms with E-state index in [0.717, 1.165) is 0 Å². The molecule has 0 saturated carbocycles. The Morgan fingerprint density at radius 3 is 2.22 bits per heavy atom. The summed E-state index contributed by atoms with van der Waals surface area (Å²) in [5.41, 5.74) is 0.482. The molecule has 0 atom stereocenters. The van der Waals surface area contributed by atoms with E-state index in [9.17, 15) is 18.8 Å². The van der Waals surface area contributed by atoms with E-state index in [1.54, 1.807) is 29.2 Å². The van der Waals surface area contributed by atoms with Crippen LogP contribution in [0.3, 0.4) is 0 Å². The summed E-state index contributed by atoms with van der Waals surface area (Å²) in [4.78, 5) is 40.4. The fourth-order valence-corrected chi connectivity index (χ4v) is 4.12. The van der Waals surface area contributed by atoms with Gasteiger partial charge in [-0.05, 0) is 36.8 Å². The minimum absolute atomic E-state index is 0.0967. The summed E-state index contributed by atoms with van der Waals surface area (Å²) >= 11 is 0. The summed E-state index contributed by atoms with van der Waals surface area (Å²) < 4.78 is 14.0. The number of hydrogen-bond donors (Lipinski definition) is 0. The highest BCUT2D eigenvalue weighted by Gasteiger charge is 2.35. The van der Waals surface area contributed by atoms with Gasteiger partial charge in [-0.2, -0.15) is 0 Å². The second kappa shape index (κ2) is 7.10. The molecule has 2 saturated heterocycles. The number of rotatable bonds is 2. The van der Waals surface area contributed by atoms with Crippen molar-refractivity contribution in [2.45, 2.75) is 38.1 Å². The number of imide groups is 1. The maximum Gasteiger partial charge on any atom is 0.254 e. The first kappa shape index (κ1) is 17.6. The number of likely N-dealkylation sites (tertiary alicyclic amines) is 2. The highest BCUT2D eigenvalue weighted by molar-refractivity contribution is 6.07. The van der Waals surface area contributed by atoms with Crippen LogP contribution in [0.15, 0.2) is 36.4 Å². The number of hydrogen-bond acceptors (Lipinski definition) is 3. The Labute approximate surface area is 156 Å². The molecule has 140 valence electrons. The Bertz CT molecular complexity index is 903. The molecule has 27 heavy (non-hydrogen) atoms. The number of carbonyl (C=O) groups is 3. The molecular weight excluding hydrogens is 347 g/mol. The Hall–Kier alpha value is -2.76. The highest BCUT2D eigenvalue weighted by Crippen LogP contribution is 2.26. The molecule has 0 spiro atoms. The summed E-state index contributed by atoms with van der Waals surface area (Å²) in [5, 5.41) is 1.04. The van der Waals surface area contributed by atoms with Crippen LogP contribution in [0.1, 0.15) is 42.5 Å². The third-order valence-electron chi connectivity index (χ3n) is 5.54. The van der Waals surface area contributed by atoms with Crippen molar-refractivity contribution in [1.29, 1.82) is 0 Å². The van der Waals surface area contributed by atoms with Gasteiger partial charge in [0.15, 0.2) is 0 Å². The summed E-state index contributed by atoms with van der Waals surface area (Å²) in [6.45, 7) is 0.957. The van der Waals surface area contributed by atoms with Crippen molar-refractivity contribution in [1.82, 2.24) is 9.80 Å². The van der Waals surface area contributed by atoms with Crippen LogP contribution < -0.4 is 0 Å². The first-order chi connectivity index (χ1) is 13.1. The maximum atomic E-state index is 14.0. The SMILES string of the molecule is O=C(c1ccc(F)c2ccccc12)N1CCC(N2C(=O)CCCC2=O)CC1. The average molecular weight is 368 g/mol.